The molecule has 0 saturated carbocycles. The van der Waals surface area contributed by atoms with Crippen molar-refractivity contribution < 1.29 is 22.7 Å². The molecule has 0 spiro atoms. The van der Waals surface area contributed by atoms with Crippen LogP contribution in [0.5, 0.6) is 5.75 Å². The van der Waals surface area contributed by atoms with Crippen LogP contribution in [-0.2, 0) is 26.2 Å². The minimum absolute atomic E-state index is 0.00801. The van der Waals surface area contributed by atoms with Crippen LogP contribution in [-0.4, -0.2) is 51.4 Å². The third kappa shape index (κ3) is 7.99. The van der Waals surface area contributed by atoms with Gasteiger partial charge in [-0.3, -0.25) is 13.9 Å². The van der Waals surface area contributed by atoms with Crippen molar-refractivity contribution in [3.05, 3.63) is 88.9 Å². The van der Waals surface area contributed by atoms with Gasteiger partial charge >= 0.3 is 0 Å². The van der Waals surface area contributed by atoms with Crippen molar-refractivity contribution in [1.29, 1.82) is 0 Å². The molecule has 0 aliphatic carbocycles. The molecule has 0 aliphatic rings. The van der Waals surface area contributed by atoms with E-state index in [4.69, 9.17) is 16.3 Å². The van der Waals surface area contributed by atoms with Crippen LogP contribution in [0.3, 0.4) is 0 Å². The lowest BCUT2D eigenvalue weighted by atomic mass is 10.1. The second kappa shape index (κ2) is 13.7. The van der Waals surface area contributed by atoms with Crippen LogP contribution < -0.4 is 14.4 Å². The van der Waals surface area contributed by atoms with E-state index in [9.17, 15) is 18.0 Å². The highest BCUT2D eigenvalue weighted by Crippen LogP contribution is 2.26. The van der Waals surface area contributed by atoms with Gasteiger partial charge in [-0.25, -0.2) is 8.42 Å². The third-order valence-electron chi connectivity index (χ3n) is 6.37. The van der Waals surface area contributed by atoms with Crippen molar-refractivity contribution in [2.24, 2.45) is 5.92 Å². The molecule has 40 heavy (non-hydrogen) atoms. The molecule has 0 saturated heterocycles. The Labute approximate surface area is 241 Å². The molecule has 3 aromatic rings. The zero-order valence-corrected chi connectivity index (χ0v) is 25.0. The van der Waals surface area contributed by atoms with Gasteiger partial charge < -0.3 is 15.0 Å². The van der Waals surface area contributed by atoms with Gasteiger partial charge in [0.15, 0.2) is 0 Å². The Kier molecular flexibility index (Phi) is 10.6. The van der Waals surface area contributed by atoms with Gasteiger partial charge in [0.25, 0.3) is 10.0 Å². The molecule has 1 N–H and O–H groups in total. The van der Waals surface area contributed by atoms with Gasteiger partial charge in [-0.1, -0.05) is 55.3 Å². The molecule has 0 heterocycles. The number of methoxy groups -OCH3 is 1. The van der Waals surface area contributed by atoms with Crippen LogP contribution in [0, 0.1) is 12.8 Å². The van der Waals surface area contributed by atoms with E-state index in [0.29, 0.717) is 23.0 Å². The lowest BCUT2D eigenvalue weighted by Gasteiger charge is -2.32. The van der Waals surface area contributed by atoms with E-state index in [1.807, 2.05) is 20.8 Å². The number of nitrogens with zero attached hydrogens (tertiary/aromatic N) is 2. The first-order valence-corrected chi connectivity index (χ1v) is 14.8. The van der Waals surface area contributed by atoms with Crippen molar-refractivity contribution in [2.75, 3.05) is 24.5 Å². The predicted molar refractivity (Wildman–Crippen MR) is 158 cm³/mol. The minimum atomic E-state index is -4.15. The SMILES string of the molecule is COc1ccc(S(=O)(=O)N(CC(=O)N(Cc2ccc(Cl)cc2)C(C)C(=O)NCC(C)C)c2ccc(C)cc2)cc1. The normalized spacial score (nSPS) is 12.1. The molecule has 0 radical (unpaired) electrons. The van der Waals surface area contributed by atoms with E-state index in [1.54, 1.807) is 67.6 Å². The maximum Gasteiger partial charge on any atom is 0.264 e. The van der Waals surface area contributed by atoms with E-state index in [2.05, 4.69) is 5.32 Å². The second-order valence-corrected chi connectivity index (χ2v) is 12.3. The second-order valence-electron chi connectivity index (χ2n) is 9.99. The minimum Gasteiger partial charge on any atom is -0.497 e. The molecule has 0 aromatic heterocycles. The van der Waals surface area contributed by atoms with Gasteiger partial charge in [-0.15, -0.1) is 0 Å². The van der Waals surface area contributed by atoms with Crippen LogP contribution in [0.15, 0.2) is 77.7 Å². The maximum absolute atomic E-state index is 13.9. The largest absolute Gasteiger partial charge is 0.497 e. The summed E-state index contributed by atoms with van der Waals surface area (Å²) in [5.74, 6) is -0.119. The van der Waals surface area contributed by atoms with E-state index >= 15 is 0 Å². The molecule has 0 aliphatic heterocycles. The molecule has 0 fully saturated rings. The van der Waals surface area contributed by atoms with Crippen LogP contribution in [0.4, 0.5) is 5.69 Å². The Balaban J connectivity index is 2.00. The van der Waals surface area contributed by atoms with Crippen LogP contribution in [0.1, 0.15) is 31.9 Å². The van der Waals surface area contributed by atoms with Gasteiger partial charge in [-0.2, -0.15) is 0 Å². The number of nitrogens with one attached hydrogen (secondary N) is 1. The van der Waals surface area contributed by atoms with Crippen molar-refractivity contribution in [3.8, 4) is 5.75 Å². The highest BCUT2D eigenvalue weighted by molar-refractivity contribution is 7.92. The molecule has 2 amide bonds. The Hall–Kier alpha value is -3.56. The molecule has 0 bridgehead atoms. The summed E-state index contributed by atoms with van der Waals surface area (Å²) in [5.41, 5.74) is 2.02. The molecule has 10 heteroatoms. The van der Waals surface area contributed by atoms with Gasteiger partial charge in [0, 0.05) is 18.1 Å². The summed E-state index contributed by atoms with van der Waals surface area (Å²) in [7, 11) is -2.66. The molecule has 1 unspecified atom stereocenters. The summed E-state index contributed by atoms with van der Waals surface area (Å²) < 4.78 is 34.0. The summed E-state index contributed by atoms with van der Waals surface area (Å²) >= 11 is 6.04. The number of hydrogen-bond acceptors (Lipinski definition) is 5. The first kappa shape index (κ1) is 31.0. The van der Waals surface area contributed by atoms with E-state index < -0.39 is 28.5 Å². The summed E-state index contributed by atoms with van der Waals surface area (Å²) in [4.78, 5) is 28.4. The first-order valence-electron chi connectivity index (χ1n) is 13.0. The van der Waals surface area contributed by atoms with Crippen LogP contribution in [0.25, 0.3) is 0 Å². The van der Waals surface area contributed by atoms with Crippen molar-refractivity contribution in [1.82, 2.24) is 10.2 Å². The third-order valence-corrected chi connectivity index (χ3v) is 8.41. The fraction of sp³-hybridized carbons (Fsp3) is 0.333. The molecule has 3 rings (SSSR count). The standard InChI is InChI=1S/C30H36ClN3O5S/c1-21(2)18-32-30(36)23(4)33(19-24-8-10-25(31)11-9-24)29(35)20-34(26-12-6-22(3)7-13-26)40(37,38)28-16-14-27(39-5)15-17-28/h6-17,21,23H,18-20H2,1-5H3,(H,32,36). The fourth-order valence-corrected chi connectivity index (χ4v) is 5.48. The average molecular weight is 586 g/mol. The number of hydrogen-bond donors (Lipinski definition) is 1. The summed E-state index contributed by atoms with van der Waals surface area (Å²) in [6.07, 6.45) is 0. The van der Waals surface area contributed by atoms with Crippen molar-refractivity contribution >= 4 is 39.1 Å². The molecular weight excluding hydrogens is 550 g/mol. The molecule has 3 aromatic carbocycles. The van der Waals surface area contributed by atoms with Gasteiger partial charge in [0.1, 0.15) is 18.3 Å². The summed E-state index contributed by atoms with van der Waals surface area (Å²) in [6.45, 7) is 7.52. The quantitative estimate of drug-likeness (QED) is 0.321. The maximum atomic E-state index is 13.9. The molecular formula is C30H36ClN3O5S. The topological polar surface area (TPSA) is 96.0 Å². The number of sulfonamides is 1. The number of amides is 2. The molecule has 8 nitrogen and oxygen atoms in total. The lowest BCUT2D eigenvalue weighted by Crippen LogP contribution is -2.51. The smallest absolute Gasteiger partial charge is 0.264 e. The zero-order valence-electron chi connectivity index (χ0n) is 23.4. The van der Waals surface area contributed by atoms with Crippen LogP contribution in [0.2, 0.25) is 5.02 Å². The van der Waals surface area contributed by atoms with E-state index in [-0.39, 0.29) is 23.3 Å². The van der Waals surface area contributed by atoms with Crippen LogP contribution >= 0.6 is 11.6 Å². The Morgan fingerprint density at radius 2 is 1.52 bits per heavy atom. The van der Waals surface area contributed by atoms with Crippen molar-refractivity contribution in [3.63, 3.8) is 0 Å². The summed E-state index contributed by atoms with van der Waals surface area (Å²) in [6, 6.07) is 19.0. The number of rotatable bonds is 12. The lowest BCUT2D eigenvalue weighted by molar-refractivity contribution is -0.139. The highest BCUT2D eigenvalue weighted by Gasteiger charge is 2.32. The van der Waals surface area contributed by atoms with Gasteiger partial charge in [0.05, 0.1) is 17.7 Å². The Morgan fingerprint density at radius 1 is 0.925 bits per heavy atom. The Bertz CT molecular complexity index is 1390. The van der Waals surface area contributed by atoms with Gasteiger partial charge in [0.2, 0.25) is 11.8 Å². The highest BCUT2D eigenvalue weighted by atomic mass is 35.5. The zero-order chi connectivity index (χ0) is 29.4. The Morgan fingerprint density at radius 3 is 2.08 bits per heavy atom. The van der Waals surface area contributed by atoms with E-state index in [1.165, 1.54) is 24.1 Å². The number of anilines is 1. The number of benzene rings is 3. The number of aryl methyl sites for hydroxylation is 1. The monoisotopic (exact) mass is 585 g/mol. The van der Waals surface area contributed by atoms with E-state index in [0.717, 1.165) is 15.4 Å². The number of carbonyl (C=O) groups is 2. The molecule has 214 valence electrons. The van der Waals surface area contributed by atoms with Crippen molar-refractivity contribution in [2.45, 2.75) is 45.2 Å². The summed E-state index contributed by atoms with van der Waals surface area (Å²) in [5, 5.41) is 3.41. The number of halogens is 1. The number of carbonyl (C=O) groups excluding carboxylic acids is 2. The molecule has 1 atom stereocenters. The average Bonchev–Trinajstić information content (AvgIpc) is 2.94. The van der Waals surface area contributed by atoms with Gasteiger partial charge in [-0.05, 0) is 73.9 Å². The number of ether oxygens (including phenoxy) is 1. The predicted octanol–water partition coefficient (Wildman–Crippen LogP) is 5.04. The first-order chi connectivity index (χ1) is 18.9. The fourth-order valence-electron chi connectivity index (χ4n) is 3.94.